The van der Waals surface area contributed by atoms with Crippen molar-refractivity contribution in [1.82, 2.24) is 5.43 Å². The first kappa shape index (κ1) is 14.8. The van der Waals surface area contributed by atoms with Gasteiger partial charge in [-0.1, -0.05) is 34.1 Å². The van der Waals surface area contributed by atoms with E-state index >= 15 is 0 Å². The normalized spacial score (nSPS) is 37.3. The Balaban J connectivity index is 2.09. The number of rotatable bonds is 5. The van der Waals surface area contributed by atoms with Gasteiger partial charge in [0.05, 0.1) is 6.10 Å². The number of amides is 1. The summed E-state index contributed by atoms with van der Waals surface area (Å²) in [6.45, 7) is 9.10. The van der Waals surface area contributed by atoms with Crippen LogP contribution >= 0.6 is 0 Å². The third-order valence-electron chi connectivity index (χ3n) is 6.03. The maximum atomic E-state index is 11.8. The van der Waals surface area contributed by atoms with Crippen molar-refractivity contribution >= 4 is 5.91 Å². The lowest BCUT2D eigenvalue weighted by atomic mass is 9.70. The Hall–Kier alpha value is -0.610. The van der Waals surface area contributed by atoms with Crippen LogP contribution in [-0.2, 0) is 9.53 Å². The molecule has 110 valence electrons. The van der Waals surface area contributed by atoms with Crippen molar-refractivity contribution in [1.29, 1.82) is 0 Å². The lowest BCUT2D eigenvalue weighted by Gasteiger charge is -2.40. The lowest BCUT2D eigenvalue weighted by molar-refractivity contribution is -0.145. The van der Waals surface area contributed by atoms with E-state index < -0.39 is 6.10 Å². The molecule has 2 rings (SSSR count). The van der Waals surface area contributed by atoms with Crippen LogP contribution < -0.4 is 11.3 Å². The summed E-state index contributed by atoms with van der Waals surface area (Å²) >= 11 is 0. The molecule has 4 unspecified atom stereocenters. The third kappa shape index (κ3) is 2.19. The predicted molar refractivity (Wildman–Crippen MR) is 75.1 cm³/mol. The van der Waals surface area contributed by atoms with Crippen LogP contribution in [0.1, 0.15) is 59.8 Å². The van der Waals surface area contributed by atoms with Gasteiger partial charge in [-0.2, -0.15) is 0 Å². The van der Waals surface area contributed by atoms with E-state index in [-0.39, 0.29) is 17.4 Å². The van der Waals surface area contributed by atoms with E-state index in [0.717, 1.165) is 25.2 Å². The Bertz CT molecular complexity index is 356. The molecule has 0 aromatic carbocycles. The van der Waals surface area contributed by atoms with E-state index in [1.54, 1.807) is 0 Å². The number of nitrogens with one attached hydrogen (secondary N) is 1. The van der Waals surface area contributed by atoms with E-state index in [1.807, 2.05) is 0 Å². The fourth-order valence-electron chi connectivity index (χ4n) is 4.15. The van der Waals surface area contributed by atoms with Crippen molar-refractivity contribution in [2.75, 3.05) is 0 Å². The average molecular weight is 268 g/mol. The highest BCUT2D eigenvalue weighted by molar-refractivity contribution is 5.80. The van der Waals surface area contributed by atoms with E-state index in [9.17, 15) is 4.79 Å². The first-order valence-electron chi connectivity index (χ1n) is 7.52. The molecule has 3 N–H and O–H groups in total. The molecule has 1 amide bonds. The van der Waals surface area contributed by atoms with Crippen molar-refractivity contribution < 1.29 is 9.53 Å². The second-order valence-electron chi connectivity index (χ2n) is 7.02. The van der Waals surface area contributed by atoms with Gasteiger partial charge in [0, 0.05) is 0 Å². The van der Waals surface area contributed by atoms with Crippen LogP contribution in [0.15, 0.2) is 0 Å². The molecule has 0 saturated heterocycles. The zero-order chi connectivity index (χ0) is 14.3. The second-order valence-corrected chi connectivity index (χ2v) is 7.02. The number of hydrogen-bond acceptors (Lipinski definition) is 3. The van der Waals surface area contributed by atoms with E-state index in [4.69, 9.17) is 10.6 Å². The molecule has 4 nitrogen and oxygen atoms in total. The SMILES string of the molecule is CCCC(OC1CC2CCC1(C)C2(C)C)C(=O)NN. The molecule has 2 aliphatic carbocycles. The van der Waals surface area contributed by atoms with Gasteiger partial charge in [-0.05, 0) is 42.4 Å². The van der Waals surface area contributed by atoms with Crippen molar-refractivity contribution in [2.24, 2.45) is 22.6 Å². The predicted octanol–water partition coefficient (Wildman–Crippen LogP) is 2.38. The minimum absolute atomic E-state index is 0.189. The zero-order valence-electron chi connectivity index (χ0n) is 12.7. The molecule has 4 heteroatoms. The van der Waals surface area contributed by atoms with Crippen molar-refractivity contribution in [3.8, 4) is 0 Å². The molecule has 2 fully saturated rings. The molecular formula is C15H28N2O2. The van der Waals surface area contributed by atoms with Crippen molar-refractivity contribution in [2.45, 2.75) is 72.0 Å². The van der Waals surface area contributed by atoms with Crippen LogP contribution in [0.4, 0.5) is 0 Å². The van der Waals surface area contributed by atoms with E-state index in [1.165, 1.54) is 12.8 Å². The Kier molecular flexibility index (Phi) is 3.94. The van der Waals surface area contributed by atoms with Gasteiger partial charge in [0.25, 0.3) is 5.91 Å². The zero-order valence-corrected chi connectivity index (χ0v) is 12.7. The highest BCUT2D eigenvalue weighted by atomic mass is 16.5. The molecule has 0 aliphatic heterocycles. The van der Waals surface area contributed by atoms with Gasteiger partial charge in [-0.15, -0.1) is 0 Å². The first-order valence-corrected chi connectivity index (χ1v) is 7.52. The number of carbonyl (C=O) groups excluding carboxylic acids is 1. The summed E-state index contributed by atoms with van der Waals surface area (Å²) in [7, 11) is 0. The fourth-order valence-corrected chi connectivity index (χ4v) is 4.15. The Labute approximate surface area is 116 Å². The minimum atomic E-state index is -0.396. The summed E-state index contributed by atoms with van der Waals surface area (Å²) in [4.78, 5) is 11.8. The molecule has 0 aromatic rings. The van der Waals surface area contributed by atoms with Crippen molar-refractivity contribution in [3.05, 3.63) is 0 Å². The van der Waals surface area contributed by atoms with Crippen LogP contribution in [0.5, 0.6) is 0 Å². The monoisotopic (exact) mass is 268 g/mol. The quantitative estimate of drug-likeness (QED) is 0.457. The van der Waals surface area contributed by atoms with Gasteiger partial charge in [0.2, 0.25) is 0 Å². The third-order valence-corrected chi connectivity index (χ3v) is 6.03. The molecule has 0 heterocycles. The molecule has 2 saturated carbocycles. The lowest BCUT2D eigenvalue weighted by Crippen LogP contribution is -2.45. The highest BCUT2D eigenvalue weighted by Crippen LogP contribution is 2.66. The number of ether oxygens (including phenoxy) is 1. The summed E-state index contributed by atoms with van der Waals surface area (Å²) in [5, 5.41) is 0. The van der Waals surface area contributed by atoms with Crippen LogP contribution in [0.2, 0.25) is 0 Å². The second kappa shape index (κ2) is 5.06. The van der Waals surface area contributed by atoms with Gasteiger partial charge < -0.3 is 4.74 Å². The molecule has 19 heavy (non-hydrogen) atoms. The molecular weight excluding hydrogens is 240 g/mol. The number of fused-ring (bicyclic) bond motifs is 2. The van der Waals surface area contributed by atoms with Crippen LogP contribution in [-0.4, -0.2) is 18.1 Å². The summed E-state index contributed by atoms with van der Waals surface area (Å²) in [6, 6.07) is 0. The number of hydrogen-bond donors (Lipinski definition) is 2. The maximum absolute atomic E-state index is 11.8. The standard InChI is InChI=1S/C15H28N2O2/c1-5-6-11(13(18)17-16)19-12-9-10-7-8-15(12,4)14(10,2)3/h10-12H,5-9,16H2,1-4H3,(H,17,18). The van der Waals surface area contributed by atoms with Crippen LogP contribution in [0, 0.1) is 16.7 Å². The van der Waals surface area contributed by atoms with Crippen molar-refractivity contribution in [3.63, 3.8) is 0 Å². The summed E-state index contributed by atoms with van der Waals surface area (Å²) < 4.78 is 6.19. The minimum Gasteiger partial charge on any atom is -0.365 e. The van der Waals surface area contributed by atoms with Gasteiger partial charge in [-0.25, -0.2) is 5.84 Å². The number of hydrazine groups is 1. The van der Waals surface area contributed by atoms with Gasteiger partial charge >= 0.3 is 0 Å². The summed E-state index contributed by atoms with van der Waals surface area (Å²) in [6.07, 6.45) is 5.04. The molecule has 2 aliphatic rings. The van der Waals surface area contributed by atoms with Gasteiger partial charge in [0.1, 0.15) is 6.10 Å². The fraction of sp³-hybridized carbons (Fsp3) is 0.933. The average Bonchev–Trinajstić information content (AvgIpc) is 2.70. The van der Waals surface area contributed by atoms with Crippen LogP contribution in [0.25, 0.3) is 0 Å². The Morgan fingerprint density at radius 1 is 1.47 bits per heavy atom. The molecule has 0 radical (unpaired) electrons. The Morgan fingerprint density at radius 2 is 2.16 bits per heavy atom. The van der Waals surface area contributed by atoms with Crippen LogP contribution in [0.3, 0.4) is 0 Å². The van der Waals surface area contributed by atoms with E-state index in [2.05, 4.69) is 33.1 Å². The summed E-state index contributed by atoms with van der Waals surface area (Å²) in [5.41, 5.74) is 2.74. The topological polar surface area (TPSA) is 64.3 Å². The first-order chi connectivity index (χ1) is 8.86. The summed E-state index contributed by atoms with van der Waals surface area (Å²) in [5.74, 6) is 5.80. The largest absolute Gasteiger partial charge is 0.365 e. The molecule has 4 atom stereocenters. The Morgan fingerprint density at radius 3 is 2.58 bits per heavy atom. The van der Waals surface area contributed by atoms with E-state index in [0.29, 0.717) is 5.41 Å². The molecule has 0 aromatic heterocycles. The number of nitrogens with two attached hydrogens (primary N) is 1. The highest BCUT2D eigenvalue weighted by Gasteiger charge is 2.62. The maximum Gasteiger partial charge on any atom is 0.262 e. The molecule has 0 spiro atoms. The van der Waals surface area contributed by atoms with Gasteiger partial charge in [-0.3, -0.25) is 10.2 Å². The molecule has 2 bridgehead atoms. The smallest absolute Gasteiger partial charge is 0.262 e. The van der Waals surface area contributed by atoms with Gasteiger partial charge in [0.15, 0.2) is 0 Å². The number of carbonyl (C=O) groups is 1.